The van der Waals surface area contributed by atoms with Crippen molar-refractivity contribution in [2.24, 2.45) is 0 Å². The number of fused-ring (bicyclic) bond motifs is 1. The van der Waals surface area contributed by atoms with Crippen molar-refractivity contribution in [1.29, 1.82) is 0 Å². The van der Waals surface area contributed by atoms with Crippen LogP contribution >= 0.6 is 0 Å². The average Bonchev–Trinajstić information content (AvgIpc) is 2.50. The quantitative estimate of drug-likeness (QED) is 0.832. The van der Waals surface area contributed by atoms with Gasteiger partial charge in [0.15, 0.2) is 0 Å². The molecule has 1 unspecified atom stereocenters. The topological polar surface area (TPSA) is 64.4 Å². The summed E-state index contributed by atoms with van der Waals surface area (Å²) >= 11 is 0. The molecule has 1 atom stereocenters. The number of hydrogen-bond donors (Lipinski definition) is 2. The van der Waals surface area contributed by atoms with Crippen molar-refractivity contribution < 1.29 is 9.53 Å². The fourth-order valence-corrected chi connectivity index (χ4v) is 2.63. The van der Waals surface area contributed by atoms with Crippen LogP contribution in [0.2, 0.25) is 0 Å². The maximum absolute atomic E-state index is 12.5. The number of para-hydroxylation sites is 1. The van der Waals surface area contributed by atoms with E-state index in [9.17, 15) is 4.79 Å². The summed E-state index contributed by atoms with van der Waals surface area (Å²) in [5.41, 5.74) is 8.97. The molecule has 0 bridgehead atoms. The van der Waals surface area contributed by atoms with E-state index in [-0.39, 0.29) is 11.9 Å². The van der Waals surface area contributed by atoms with E-state index in [0.717, 1.165) is 23.3 Å². The zero-order chi connectivity index (χ0) is 14.8. The third-order valence-corrected chi connectivity index (χ3v) is 3.88. The molecular formula is C17H18N2O2. The molecule has 1 amide bonds. The van der Waals surface area contributed by atoms with E-state index in [1.807, 2.05) is 31.2 Å². The molecule has 1 aliphatic heterocycles. The van der Waals surface area contributed by atoms with E-state index in [2.05, 4.69) is 5.32 Å². The first-order valence-electron chi connectivity index (χ1n) is 7.04. The number of carbonyl (C=O) groups excluding carboxylic acids is 1. The number of nitrogens with one attached hydrogen (secondary N) is 1. The highest BCUT2D eigenvalue weighted by Crippen LogP contribution is 2.31. The number of nitrogens with two attached hydrogens (primary N) is 1. The highest BCUT2D eigenvalue weighted by molar-refractivity contribution is 5.97. The number of amides is 1. The van der Waals surface area contributed by atoms with Crippen LogP contribution in [0.4, 0.5) is 5.69 Å². The first-order valence-corrected chi connectivity index (χ1v) is 7.04. The van der Waals surface area contributed by atoms with Gasteiger partial charge in [0.05, 0.1) is 12.6 Å². The van der Waals surface area contributed by atoms with E-state index >= 15 is 0 Å². The number of rotatable bonds is 2. The predicted molar refractivity (Wildman–Crippen MR) is 82.4 cm³/mol. The van der Waals surface area contributed by atoms with Gasteiger partial charge in [0.2, 0.25) is 0 Å². The molecule has 21 heavy (non-hydrogen) atoms. The van der Waals surface area contributed by atoms with Crippen LogP contribution < -0.4 is 15.8 Å². The summed E-state index contributed by atoms with van der Waals surface area (Å²) < 4.78 is 5.61. The first-order chi connectivity index (χ1) is 10.2. The minimum absolute atomic E-state index is 0.0247. The number of anilines is 1. The van der Waals surface area contributed by atoms with Crippen molar-refractivity contribution in [3.63, 3.8) is 0 Å². The number of ether oxygens (including phenoxy) is 1. The molecule has 3 rings (SSSR count). The van der Waals surface area contributed by atoms with Crippen LogP contribution in [0.15, 0.2) is 42.5 Å². The van der Waals surface area contributed by atoms with Gasteiger partial charge >= 0.3 is 0 Å². The van der Waals surface area contributed by atoms with Gasteiger partial charge in [-0.25, -0.2) is 0 Å². The molecule has 2 aromatic carbocycles. The summed E-state index contributed by atoms with van der Waals surface area (Å²) in [4.78, 5) is 12.5. The molecule has 0 spiro atoms. The first kappa shape index (κ1) is 13.5. The summed E-state index contributed by atoms with van der Waals surface area (Å²) in [5.74, 6) is 0.750. The van der Waals surface area contributed by atoms with Crippen molar-refractivity contribution >= 4 is 11.6 Å². The van der Waals surface area contributed by atoms with Crippen LogP contribution in [0.5, 0.6) is 5.75 Å². The lowest BCUT2D eigenvalue weighted by molar-refractivity contribution is 0.0924. The maximum Gasteiger partial charge on any atom is 0.252 e. The van der Waals surface area contributed by atoms with Crippen LogP contribution in [0.3, 0.4) is 0 Å². The Balaban J connectivity index is 1.85. The average molecular weight is 282 g/mol. The monoisotopic (exact) mass is 282 g/mol. The fraction of sp³-hybridized carbons (Fsp3) is 0.235. The summed E-state index contributed by atoms with van der Waals surface area (Å²) in [5, 5.41) is 3.08. The van der Waals surface area contributed by atoms with Gasteiger partial charge in [0.1, 0.15) is 5.75 Å². The Bertz CT molecular complexity index is 682. The SMILES string of the molecule is Cc1c(N)cccc1C(=O)NC1CCOc2ccccc21. The smallest absolute Gasteiger partial charge is 0.252 e. The van der Waals surface area contributed by atoms with Crippen molar-refractivity contribution in [3.05, 3.63) is 59.2 Å². The molecular weight excluding hydrogens is 264 g/mol. The van der Waals surface area contributed by atoms with Crippen LogP contribution in [-0.4, -0.2) is 12.5 Å². The number of nitrogen functional groups attached to an aromatic ring is 1. The van der Waals surface area contributed by atoms with Crippen LogP contribution in [0.25, 0.3) is 0 Å². The van der Waals surface area contributed by atoms with Crippen LogP contribution in [-0.2, 0) is 0 Å². The van der Waals surface area contributed by atoms with Gasteiger partial charge in [-0.05, 0) is 30.7 Å². The highest BCUT2D eigenvalue weighted by atomic mass is 16.5. The maximum atomic E-state index is 12.5. The van der Waals surface area contributed by atoms with Gasteiger partial charge in [-0.2, -0.15) is 0 Å². The Morgan fingerprint density at radius 1 is 1.24 bits per heavy atom. The fourth-order valence-electron chi connectivity index (χ4n) is 2.63. The minimum atomic E-state index is -0.0958. The molecule has 4 heteroatoms. The second-order valence-electron chi connectivity index (χ2n) is 5.22. The van der Waals surface area contributed by atoms with Crippen LogP contribution in [0.1, 0.15) is 33.9 Å². The lowest BCUT2D eigenvalue weighted by atomic mass is 9.99. The number of carbonyl (C=O) groups is 1. The molecule has 4 nitrogen and oxygen atoms in total. The Hall–Kier alpha value is -2.49. The van der Waals surface area contributed by atoms with E-state index in [4.69, 9.17) is 10.5 Å². The van der Waals surface area contributed by atoms with Gasteiger partial charge in [-0.3, -0.25) is 4.79 Å². The third kappa shape index (κ3) is 2.57. The minimum Gasteiger partial charge on any atom is -0.493 e. The summed E-state index contributed by atoms with van der Waals surface area (Å²) in [6, 6.07) is 13.2. The molecule has 0 aliphatic carbocycles. The predicted octanol–water partition coefficient (Wildman–Crippen LogP) is 2.83. The van der Waals surface area contributed by atoms with Gasteiger partial charge < -0.3 is 15.8 Å². The van der Waals surface area contributed by atoms with E-state index in [1.54, 1.807) is 18.2 Å². The standard InChI is InChI=1S/C17H18N2O2/c1-11-12(6-4-7-14(11)18)17(20)19-15-9-10-21-16-8-3-2-5-13(15)16/h2-8,15H,9-10,18H2,1H3,(H,19,20). The molecule has 2 aromatic rings. The van der Waals surface area contributed by atoms with Crippen LogP contribution in [0, 0.1) is 6.92 Å². The van der Waals surface area contributed by atoms with Gasteiger partial charge in [0.25, 0.3) is 5.91 Å². The van der Waals surface area contributed by atoms with Crippen molar-refractivity contribution in [2.45, 2.75) is 19.4 Å². The third-order valence-electron chi connectivity index (χ3n) is 3.88. The Kier molecular flexibility index (Phi) is 3.52. The molecule has 1 heterocycles. The number of benzene rings is 2. The lowest BCUT2D eigenvalue weighted by Crippen LogP contribution is -2.32. The molecule has 3 N–H and O–H groups in total. The second-order valence-corrected chi connectivity index (χ2v) is 5.22. The Labute approximate surface area is 123 Å². The molecule has 0 saturated heterocycles. The van der Waals surface area contributed by atoms with Gasteiger partial charge in [-0.15, -0.1) is 0 Å². The van der Waals surface area contributed by atoms with Gasteiger partial charge in [-0.1, -0.05) is 24.3 Å². The zero-order valence-electron chi connectivity index (χ0n) is 11.9. The highest BCUT2D eigenvalue weighted by Gasteiger charge is 2.23. The Morgan fingerprint density at radius 2 is 2.05 bits per heavy atom. The van der Waals surface area contributed by atoms with Crippen molar-refractivity contribution in [2.75, 3.05) is 12.3 Å². The molecule has 1 aliphatic rings. The molecule has 0 radical (unpaired) electrons. The largest absolute Gasteiger partial charge is 0.493 e. The number of hydrogen-bond acceptors (Lipinski definition) is 3. The van der Waals surface area contributed by atoms with E-state index < -0.39 is 0 Å². The van der Waals surface area contributed by atoms with E-state index in [1.165, 1.54) is 0 Å². The normalized spacial score (nSPS) is 16.7. The second kappa shape index (κ2) is 5.48. The lowest BCUT2D eigenvalue weighted by Gasteiger charge is -2.26. The molecule has 0 aromatic heterocycles. The summed E-state index contributed by atoms with van der Waals surface area (Å²) in [6.07, 6.45) is 0.768. The summed E-state index contributed by atoms with van der Waals surface area (Å²) in [7, 11) is 0. The zero-order valence-corrected chi connectivity index (χ0v) is 11.9. The molecule has 108 valence electrons. The molecule has 0 fully saturated rings. The van der Waals surface area contributed by atoms with Crippen molar-refractivity contribution in [1.82, 2.24) is 5.32 Å². The Morgan fingerprint density at radius 3 is 2.90 bits per heavy atom. The van der Waals surface area contributed by atoms with Gasteiger partial charge in [0, 0.05) is 23.2 Å². The van der Waals surface area contributed by atoms with Crippen molar-refractivity contribution in [3.8, 4) is 5.75 Å². The van der Waals surface area contributed by atoms with E-state index in [0.29, 0.717) is 17.9 Å². The molecule has 0 saturated carbocycles. The summed E-state index contributed by atoms with van der Waals surface area (Å²) in [6.45, 7) is 2.47.